The molecule has 0 heterocycles. The van der Waals surface area contributed by atoms with Gasteiger partial charge in [0.25, 0.3) is 0 Å². The van der Waals surface area contributed by atoms with Gasteiger partial charge in [0.05, 0.1) is 0 Å². The Kier molecular flexibility index (Phi) is 4.63. The summed E-state index contributed by atoms with van der Waals surface area (Å²) in [6, 6.07) is 51.4. The lowest BCUT2D eigenvalue weighted by Gasteiger charge is -2.39. The minimum Gasteiger partial charge on any atom is -0.0624 e. The molecular formula is C31H23Si. The standard InChI is InChI=1S/C31H23Si/c1-4-14-24(15-5-1)32(25-16-6-2-7-17-25,26-18-8-3-9-19-26)31-29-22-12-10-20-27(29)28-21-11-13-23-30(28)31/h1-23H. The van der Waals surface area contributed by atoms with Gasteiger partial charge in [-0.15, -0.1) is 0 Å². The van der Waals surface area contributed by atoms with Crippen molar-refractivity contribution in [2.24, 2.45) is 0 Å². The summed E-state index contributed by atoms with van der Waals surface area (Å²) in [6.07, 6.45) is 0. The zero-order valence-corrected chi connectivity index (χ0v) is 18.8. The van der Waals surface area contributed by atoms with Crippen molar-refractivity contribution in [3.8, 4) is 11.1 Å². The van der Waals surface area contributed by atoms with E-state index in [9.17, 15) is 0 Å². The highest BCUT2D eigenvalue weighted by atomic mass is 28.3. The van der Waals surface area contributed by atoms with E-state index in [1.807, 2.05) is 0 Å². The van der Waals surface area contributed by atoms with Crippen LogP contribution in [0.4, 0.5) is 0 Å². The van der Waals surface area contributed by atoms with Gasteiger partial charge >= 0.3 is 0 Å². The minimum absolute atomic E-state index is 1.35. The van der Waals surface area contributed by atoms with E-state index in [0.717, 1.165) is 0 Å². The van der Waals surface area contributed by atoms with Crippen LogP contribution >= 0.6 is 0 Å². The maximum absolute atomic E-state index is 2.58. The molecule has 6 rings (SSSR count). The largest absolute Gasteiger partial charge is 0.164 e. The summed E-state index contributed by atoms with van der Waals surface area (Å²) in [7, 11) is -2.58. The highest BCUT2D eigenvalue weighted by Gasteiger charge is 2.51. The fourth-order valence-corrected chi connectivity index (χ4v) is 10.6. The topological polar surface area (TPSA) is 0 Å². The molecule has 0 saturated carbocycles. The van der Waals surface area contributed by atoms with E-state index in [0.29, 0.717) is 0 Å². The van der Waals surface area contributed by atoms with Gasteiger partial charge < -0.3 is 0 Å². The SMILES string of the molecule is c1ccc([Si]([C]2c3ccccc3-c3ccccc32)(c2ccccc2)c2ccccc2)cc1. The molecule has 1 radical (unpaired) electrons. The van der Waals surface area contributed by atoms with Crippen molar-refractivity contribution in [3.05, 3.63) is 156 Å². The van der Waals surface area contributed by atoms with Gasteiger partial charge in [0, 0.05) is 5.54 Å². The van der Waals surface area contributed by atoms with E-state index in [4.69, 9.17) is 0 Å². The molecule has 32 heavy (non-hydrogen) atoms. The molecule has 1 aliphatic carbocycles. The highest BCUT2D eigenvalue weighted by molar-refractivity contribution is 7.16. The first-order chi connectivity index (χ1) is 15.9. The monoisotopic (exact) mass is 423 g/mol. The van der Waals surface area contributed by atoms with Gasteiger partial charge in [-0.25, -0.2) is 0 Å². The summed E-state index contributed by atoms with van der Waals surface area (Å²) in [6.45, 7) is 0. The Labute approximate surface area is 190 Å². The second-order valence-corrected chi connectivity index (χ2v) is 12.0. The molecule has 0 nitrogen and oxygen atoms in total. The van der Waals surface area contributed by atoms with Crippen LogP contribution in [0, 0.1) is 5.54 Å². The van der Waals surface area contributed by atoms with Gasteiger partial charge in [-0.3, -0.25) is 0 Å². The van der Waals surface area contributed by atoms with Crippen LogP contribution in [0.1, 0.15) is 11.1 Å². The normalized spacial score (nSPS) is 12.9. The molecule has 0 unspecified atom stereocenters. The van der Waals surface area contributed by atoms with Crippen molar-refractivity contribution in [3.63, 3.8) is 0 Å². The Morgan fingerprint density at radius 3 is 0.906 bits per heavy atom. The zero-order chi connectivity index (χ0) is 21.4. The summed E-state index contributed by atoms with van der Waals surface area (Å²) in [5.74, 6) is 0. The van der Waals surface area contributed by atoms with Crippen molar-refractivity contribution < 1.29 is 0 Å². The predicted octanol–water partition coefficient (Wildman–Crippen LogP) is 5.35. The Morgan fingerprint density at radius 1 is 0.281 bits per heavy atom. The number of fused-ring (bicyclic) bond motifs is 3. The summed E-state index contributed by atoms with van der Waals surface area (Å²) in [4.78, 5) is 0. The lowest BCUT2D eigenvalue weighted by molar-refractivity contribution is 1.42. The van der Waals surface area contributed by atoms with Gasteiger partial charge in [0.1, 0.15) is 0 Å². The Morgan fingerprint density at radius 2 is 0.562 bits per heavy atom. The van der Waals surface area contributed by atoms with Crippen molar-refractivity contribution in [1.29, 1.82) is 0 Å². The molecule has 5 aromatic rings. The lowest BCUT2D eigenvalue weighted by atomic mass is 10.1. The van der Waals surface area contributed by atoms with E-state index in [-0.39, 0.29) is 0 Å². The summed E-state index contributed by atoms with van der Waals surface area (Å²) in [5, 5.41) is 4.25. The quantitative estimate of drug-likeness (QED) is 0.270. The zero-order valence-electron chi connectivity index (χ0n) is 17.8. The van der Waals surface area contributed by atoms with Crippen molar-refractivity contribution in [2.45, 2.75) is 0 Å². The molecular weight excluding hydrogens is 400 g/mol. The van der Waals surface area contributed by atoms with Crippen LogP contribution in [-0.2, 0) is 0 Å². The van der Waals surface area contributed by atoms with Gasteiger partial charge in [-0.2, -0.15) is 0 Å². The number of hydrogen-bond donors (Lipinski definition) is 0. The molecule has 0 amide bonds. The van der Waals surface area contributed by atoms with Gasteiger partial charge in [0.15, 0.2) is 8.07 Å². The summed E-state index contributed by atoms with van der Waals surface area (Å²) < 4.78 is 0. The molecule has 0 fully saturated rings. The average Bonchev–Trinajstić information content (AvgIpc) is 3.22. The first-order valence-corrected chi connectivity index (χ1v) is 13.1. The van der Waals surface area contributed by atoms with E-state index >= 15 is 0 Å². The second kappa shape index (κ2) is 7.78. The van der Waals surface area contributed by atoms with Crippen LogP contribution in [0.15, 0.2) is 140 Å². The van der Waals surface area contributed by atoms with Crippen molar-refractivity contribution in [1.82, 2.24) is 0 Å². The molecule has 5 aromatic carbocycles. The fourth-order valence-electron chi connectivity index (χ4n) is 5.42. The Bertz CT molecular complexity index is 1220. The predicted molar refractivity (Wildman–Crippen MR) is 137 cm³/mol. The number of hydrogen-bond acceptors (Lipinski definition) is 0. The number of benzene rings is 5. The average molecular weight is 424 g/mol. The minimum atomic E-state index is -2.58. The first kappa shape index (κ1) is 19.0. The molecule has 151 valence electrons. The molecule has 1 heteroatoms. The number of rotatable bonds is 4. The highest BCUT2D eigenvalue weighted by Crippen LogP contribution is 2.47. The fraction of sp³-hybridized carbons (Fsp3) is 0. The van der Waals surface area contributed by atoms with Crippen LogP contribution in [0.25, 0.3) is 11.1 Å². The molecule has 0 spiro atoms. The smallest absolute Gasteiger partial charge is 0.0624 e. The van der Waals surface area contributed by atoms with Gasteiger partial charge in [0.2, 0.25) is 0 Å². The van der Waals surface area contributed by atoms with Crippen molar-refractivity contribution >= 4 is 23.6 Å². The molecule has 0 N–H and O–H groups in total. The summed E-state index contributed by atoms with van der Waals surface area (Å²) >= 11 is 0. The molecule has 0 atom stereocenters. The van der Waals surface area contributed by atoms with E-state index in [1.165, 1.54) is 43.4 Å². The van der Waals surface area contributed by atoms with Crippen LogP contribution in [0.5, 0.6) is 0 Å². The van der Waals surface area contributed by atoms with Crippen LogP contribution < -0.4 is 15.6 Å². The molecule has 0 aromatic heterocycles. The third-order valence-corrected chi connectivity index (χ3v) is 11.6. The molecule has 0 saturated heterocycles. The maximum Gasteiger partial charge on any atom is 0.164 e. The second-order valence-electron chi connectivity index (χ2n) is 8.31. The van der Waals surface area contributed by atoms with E-state index in [1.54, 1.807) is 0 Å². The third-order valence-electron chi connectivity index (χ3n) is 6.68. The molecule has 0 aliphatic heterocycles. The third kappa shape index (κ3) is 2.75. The van der Waals surface area contributed by atoms with Crippen LogP contribution in [-0.4, -0.2) is 8.07 Å². The van der Waals surface area contributed by atoms with Crippen LogP contribution in [0.2, 0.25) is 0 Å². The Hall–Kier alpha value is -3.68. The Balaban J connectivity index is 1.79. The lowest BCUT2D eigenvalue weighted by Crippen LogP contribution is -2.71. The molecule has 1 aliphatic rings. The summed E-state index contributed by atoms with van der Waals surface area (Å²) in [5.41, 5.74) is 6.93. The van der Waals surface area contributed by atoms with Crippen LogP contribution in [0.3, 0.4) is 0 Å². The van der Waals surface area contributed by atoms with Gasteiger partial charge in [-0.1, -0.05) is 140 Å². The van der Waals surface area contributed by atoms with E-state index in [2.05, 4.69) is 140 Å². The maximum atomic E-state index is 2.34. The van der Waals surface area contributed by atoms with Gasteiger partial charge in [-0.05, 0) is 37.8 Å². The van der Waals surface area contributed by atoms with E-state index < -0.39 is 8.07 Å². The molecule has 0 bridgehead atoms. The first-order valence-electron chi connectivity index (χ1n) is 11.1. The van der Waals surface area contributed by atoms with Crippen molar-refractivity contribution in [2.75, 3.05) is 0 Å².